The summed E-state index contributed by atoms with van der Waals surface area (Å²) in [5.41, 5.74) is 0.305. The lowest BCUT2D eigenvalue weighted by molar-refractivity contribution is -0.120. The van der Waals surface area contributed by atoms with Crippen molar-refractivity contribution in [3.63, 3.8) is 0 Å². The molecule has 84 valence electrons. The highest BCUT2D eigenvalue weighted by atomic mass is 79.9. The maximum atomic E-state index is 13.6. The SMILES string of the molecule is CN=C1NC(=O)C(c2ccc(Br)cc2F)N1. The van der Waals surface area contributed by atoms with Gasteiger partial charge < -0.3 is 5.32 Å². The Kier molecular flexibility index (Phi) is 2.91. The number of guanidine groups is 1. The molecule has 6 heteroatoms. The Morgan fingerprint density at radius 2 is 2.25 bits per heavy atom. The Bertz CT molecular complexity index is 475. The molecular formula is C10H9BrFN3O. The molecule has 1 aliphatic rings. The monoisotopic (exact) mass is 285 g/mol. The van der Waals surface area contributed by atoms with Crippen LogP contribution in [0.4, 0.5) is 4.39 Å². The van der Waals surface area contributed by atoms with Crippen LogP contribution in [0.1, 0.15) is 11.6 Å². The quantitative estimate of drug-likeness (QED) is 0.818. The van der Waals surface area contributed by atoms with E-state index in [1.165, 1.54) is 6.07 Å². The average Bonchev–Trinajstić information content (AvgIpc) is 2.60. The highest BCUT2D eigenvalue weighted by molar-refractivity contribution is 9.10. The van der Waals surface area contributed by atoms with E-state index in [1.54, 1.807) is 19.2 Å². The van der Waals surface area contributed by atoms with Crippen LogP contribution < -0.4 is 10.6 Å². The van der Waals surface area contributed by atoms with Crippen LogP contribution in [0, 0.1) is 5.82 Å². The number of carbonyl (C=O) groups is 1. The number of amides is 1. The van der Waals surface area contributed by atoms with E-state index in [1.807, 2.05) is 0 Å². The van der Waals surface area contributed by atoms with Crippen molar-refractivity contribution in [1.29, 1.82) is 0 Å². The number of hydrogen-bond donors (Lipinski definition) is 2. The lowest BCUT2D eigenvalue weighted by Crippen LogP contribution is -2.24. The first-order chi connectivity index (χ1) is 7.61. The highest BCUT2D eigenvalue weighted by Gasteiger charge is 2.31. The second kappa shape index (κ2) is 4.21. The zero-order valence-corrected chi connectivity index (χ0v) is 10.0. The van der Waals surface area contributed by atoms with Gasteiger partial charge in [-0.3, -0.25) is 15.1 Å². The van der Waals surface area contributed by atoms with Crippen LogP contribution in [-0.4, -0.2) is 18.9 Å². The van der Waals surface area contributed by atoms with Gasteiger partial charge in [-0.15, -0.1) is 0 Å². The molecule has 0 bridgehead atoms. The molecule has 1 aromatic rings. The van der Waals surface area contributed by atoms with Crippen molar-refractivity contribution >= 4 is 27.8 Å². The molecule has 0 saturated carbocycles. The number of aliphatic imine (C=N–C) groups is 1. The molecule has 1 saturated heterocycles. The van der Waals surface area contributed by atoms with Crippen LogP contribution in [0.15, 0.2) is 27.7 Å². The fourth-order valence-electron chi connectivity index (χ4n) is 1.50. The van der Waals surface area contributed by atoms with Gasteiger partial charge in [0.15, 0.2) is 5.96 Å². The molecule has 1 aliphatic heterocycles. The van der Waals surface area contributed by atoms with E-state index in [2.05, 4.69) is 31.6 Å². The lowest BCUT2D eigenvalue weighted by atomic mass is 10.1. The zero-order valence-electron chi connectivity index (χ0n) is 8.42. The maximum Gasteiger partial charge on any atom is 0.254 e. The van der Waals surface area contributed by atoms with Crippen molar-refractivity contribution in [2.75, 3.05) is 7.05 Å². The third kappa shape index (κ3) is 1.92. The van der Waals surface area contributed by atoms with Gasteiger partial charge in [-0.05, 0) is 12.1 Å². The largest absolute Gasteiger partial charge is 0.340 e. The predicted molar refractivity (Wildman–Crippen MR) is 61.5 cm³/mol. The first-order valence-corrected chi connectivity index (χ1v) is 5.40. The number of nitrogens with one attached hydrogen (secondary N) is 2. The molecule has 1 heterocycles. The van der Waals surface area contributed by atoms with Crippen molar-refractivity contribution in [1.82, 2.24) is 10.6 Å². The summed E-state index contributed by atoms with van der Waals surface area (Å²) in [6.07, 6.45) is 0. The minimum absolute atomic E-state index is 0.304. The average molecular weight is 286 g/mol. The molecule has 4 nitrogen and oxygen atoms in total. The van der Waals surface area contributed by atoms with Crippen LogP contribution in [-0.2, 0) is 4.79 Å². The number of benzene rings is 1. The van der Waals surface area contributed by atoms with Gasteiger partial charge in [-0.1, -0.05) is 22.0 Å². The second-order valence-corrected chi connectivity index (χ2v) is 4.22. The van der Waals surface area contributed by atoms with E-state index in [0.29, 0.717) is 16.0 Å². The summed E-state index contributed by atoms with van der Waals surface area (Å²) >= 11 is 3.16. The van der Waals surface area contributed by atoms with Gasteiger partial charge in [0.05, 0.1) is 0 Å². The summed E-state index contributed by atoms with van der Waals surface area (Å²) < 4.78 is 14.3. The molecule has 2 rings (SSSR count). The molecule has 0 aliphatic carbocycles. The minimum Gasteiger partial charge on any atom is -0.340 e. The summed E-state index contributed by atoms with van der Waals surface area (Å²) in [5.74, 6) is -0.376. The molecule has 1 fully saturated rings. The Labute approximate surface area is 100 Å². The molecule has 1 amide bonds. The Hall–Kier alpha value is -1.43. The molecule has 0 radical (unpaired) electrons. The van der Waals surface area contributed by atoms with Crippen LogP contribution in [0.25, 0.3) is 0 Å². The number of hydrogen-bond acceptors (Lipinski definition) is 2. The fraction of sp³-hybridized carbons (Fsp3) is 0.200. The van der Waals surface area contributed by atoms with Gasteiger partial charge >= 0.3 is 0 Å². The lowest BCUT2D eigenvalue weighted by Gasteiger charge is -2.09. The summed E-state index contributed by atoms with van der Waals surface area (Å²) in [6.45, 7) is 0. The maximum absolute atomic E-state index is 13.6. The van der Waals surface area contributed by atoms with E-state index in [9.17, 15) is 9.18 Å². The van der Waals surface area contributed by atoms with E-state index in [-0.39, 0.29) is 5.91 Å². The van der Waals surface area contributed by atoms with E-state index < -0.39 is 11.9 Å². The van der Waals surface area contributed by atoms with Crippen molar-refractivity contribution in [2.45, 2.75) is 6.04 Å². The number of rotatable bonds is 1. The van der Waals surface area contributed by atoms with E-state index in [4.69, 9.17) is 0 Å². The van der Waals surface area contributed by atoms with Gasteiger partial charge in [0.1, 0.15) is 11.9 Å². The van der Waals surface area contributed by atoms with Gasteiger partial charge in [0.25, 0.3) is 5.91 Å². The standard InChI is InChI=1S/C10H9BrFN3O/c1-13-10-14-8(9(16)15-10)6-3-2-5(11)4-7(6)12/h2-4,8H,1H3,(H2,13,14,15,16). The van der Waals surface area contributed by atoms with Crippen LogP contribution in [0.2, 0.25) is 0 Å². The molecule has 16 heavy (non-hydrogen) atoms. The van der Waals surface area contributed by atoms with Gasteiger partial charge in [-0.25, -0.2) is 4.39 Å². The summed E-state index contributed by atoms with van der Waals surface area (Å²) in [4.78, 5) is 15.4. The number of halogens is 2. The van der Waals surface area contributed by atoms with Crippen LogP contribution in [0.3, 0.4) is 0 Å². The Morgan fingerprint density at radius 3 is 2.81 bits per heavy atom. The predicted octanol–water partition coefficient (Wildman–Crippen LogP) is 1.33. The summed E-state index contributed by atoms with van der Waals surface area (Å²) in [7, 11) is 1.54. The Balaban J connectivity index is 2.35. The molecule has 2 N–H and O–H groups in total. The third-order valence-electron chi connectivity index (χ3n) is 2.28. The normalized spacial score (nSPS) is 22.1. The Morgan fingerprint density at radius 1 is 1.50 bits per heavy atom. The van der Waals surface area contributed by atoms with Gasteiger partial charge in [0, 0.05) is 17.1 Å². The number of nitrogens with zero attached hydrogens (tertiary/aromatic N) is 1. The van der Waals surface area contributed by atoms with Crippen LogP contribution >= 0.6 is 15.9 Å². The molecule has 1 unspecified atom stereocenters. The third-order valence-corrected chi connectivity index (χ3v) is 2.78. The first-order valence-electron chi connectivity index (χ1n) is 4.61. The summed E-state index contributed by atoms with van der Waals surface area (Å²) in [5, 5.41) is 5.32. The fourth-order valence-corrected chi connectivity index (χ4v) is 1.84. The van der Waals surface area contributed by atoms with Crippen LogP contribution in [0.5, 0.6) is 0 Å². The zero-order chi connectivity index (χ0) is 11.7. The second-order valence-electron chi connectivity index (χ2n) is 3.30. The number of carbonyl (C=O) groups excluding carboxylic acids is 1. The van der Waals surface area contributed by atoms with Crippen molar-refractivity contribution in [2.24, 2.45) is 4.99 Å². The minimum atomic E-state index is -0.716. The van der Waals surface area contributed by atoms with Gasteiger partial charge in [-0.2, -0.15) is 0 Å². The molecular weight excluding hydrogens is 277 g/mol. The topological polar surface area (TPSA) is 53.5 Å². The van der Waals surface area contributed by atoms with Crippen molar-refractivity contribution in [3.05, 3.63) is 34.1 Å². The molecule has 1 atom stereocenters. The van der Waals surface area contributed by atoms with Crippen molar-refractivity contribution < 1.29 is 9.18 Å². The molecule has 0 spiro atoms. The summed E-state index contributed by atoms with van der Waals surface area (Å²) in [6, 6.07) is 3.86. The van der Waals surface area contributed by atoms with E-state index in [0.717, 1.165) is 0 Å². The van der Waals surface area contributed by atoms with Crippen molar-refractivity contribution in [3.8, 4) is 0 Å². The smallest absolute Gasteiger partial charge is 0.254 e. The molecule has 1 aromatic carbocycles. The van der Waals surface area contributed by atoms with E-state index >= 15 is 0 Å². The highest BCUT2D eigenvalue weighted by Crippen LogP contribution is 2.22. The first kappa shape index (κ1) is 11.1. The van der Waals surface area contributed by atoms with Gasteiger partial charge in [0.2, 0.25) is 0 Å². The molecule has 0 aromatic heterocycles.